The average Bonchev–Trinajstić information content (AvgIpc) is 3.01. The van der Waals surface area contributed by atoms with Crippen LogP contribution in [0.5, 0.6) is 0 Å². The number of benzene rings is 2. The van der Waals surface area contributed by atoms with Gasteiger partial charge in [-0.3, -0.25) is 0 Å². The summed E-state index contributed by atoms with van der Waals surface area (Å²) < 4.78 is 5.19. The van der Waals surface area contributed by atoms with Crippen molar-refractivity contribution in [3.8, 4) is 11.3 Å². The van der Waals surface area contributed by atoms with Crippen molar-refractivity contribution >= 4 is 44.7 Å². The predicted molar refractivity (Wildman–Crippen MR) is 100 cm³/mol. The molecular formula is C21H15N2Se+. The number of rotatable bonds is 1. The Morgan fingerprint density at radius 2 is 1.62 bits per heavy atom. The fourth-order valence-corrected chi connectivity index (χ4v) is 6.40. The van der Waals surface area contributed by atoms with Gasteiger partial charge in [0, 0.05) is 0 Å². The number of nitrogens with zero attached hydrogens (tertiary/aromatic N) is 2. The van der Waals surface area contributed by atoms with E-state index in [1.165, 1.54) is 35.9 Å². The van der Waals surface area contributed by atoms with E-state index >= 15 is 0 Å². The maximum absolute atomic E-state index is 4.52. The van der Waals surface area contributed by atoms with Crippen molar-refractivity contribution in [2.24, 2.45) is 7.05 Å². The molecule has 5 aromatic rings. The Balaban J connectivity index is 1.97. The van der Waals surface area contributed by atoms with Crippen LogP contribution in [0.1, 0.15) is 0 Å². The molecule has 0 aliphatic carbocycles. The Hall–Kier alpha value is -2.48. The monoisotopic (exact) mass is 375 g/mol. The van der Waals surface area contributed by atoms with Gasteiger partial charge in [-0.2, -0.15) is 0 Å². The van der Waals surface area contributed by atoms with Crippen LogP contribution in [0.2, 0.25) is 0 Å². The normalized spacial score (nSPS) is 11.5. The number of pyridine rings is 2. The number of hydrogen-bond donors (Lipinski definition) is 0. The molecule has 0 bridgehead atoms. The van der Waals surface area contributed by atoms with Crippen molar-refractivity contribution in [3.63, 3.8) is 0 Å². The van der Waals surface area contributed by atoms with Gasteiger partial charge in [-0.15, -0.1) is 0 Å². The molecule has 114 valence electrons. The van der Waals surface area contributed by atoms with Crippen LogP contribution in [-0.2, 0) is 7.05 Å². The molecule has 0 fully saturated rings. The molecule has 0 N–H and O–H groups in total. The molecule has 0 aliphatic heterocycles. The molecule has 3 heteroatoms. The molecule has 0 amide bonds. The standard InChI is InChI=1S/C21H15N2Se/c1-23-13-11-16-15-9-10-18-17(8-5-12-22-18)20(15)24-21(16)19(23)14-6-3-2-4-7-14/h2-13H,1H3/q+1. The minimum atomic E-state index is 0.289. The van der Waals surface area contributed by atoms with Gasteiger partial charge < -0.3 is 0 Å². The van der Waals surface area contributed by atoms with E-state index in [0.29, 0.717) is 0 Å². The Bertz CT molecular complexity index is 1210. The van der Waals surface area contributed by atoms with Crippen LogP contribution >= 0.6 is 0 Å². The summed E-state index contributed by atoms with van der Waals surface area (Å²) in [6, 6.07) is 21.6. The topological polar surface area (TPSA) is 16.8 Å². The molecule has 0 unspecified atom stereocenters. The average molecular weight is 374 g/mol. The van der Waals surface area contributed by atoms with E-state index in [-0.39, 0.29) is 14.5 Å². The van der Waals surface area contributed by atoms with Crippen LogP contribution in [0.4, 0.5) is 0 Å². The van der Waals surface area contributed by atoms with Crippen molar-refractivity contribution in [3.05, 3.63) is 73.1 Å². The SMILES string of the molecule is C[n+]1ccc2c([se]c3c4cccnc4ccc23)c1-c1ccccc1. The molecule has 3 aromatic heterocycles. The Kier molecular flexibility index (Phi) is 3.05. The zero-order valence-corrected chi connectivity index (χ0v) is 14.9. The summed E-state index contributed by atoms with van der Waals surface area (Å²) in [7, 11) is 2.14. The van der Waals surface area contributed by atoms with Crippen LogP contribution in [0, 0.1) is 0 Å². The maximum atomic E-state index is 4.52. The molecule has 0 spiro atoms. The second-order valence-electron chi connectivity index (χ2n) is 6.00. The molecule has 5 rings (SSSR count). The van der Waals surface area contributed by atoms with Gasteiger partial charge in [0.2, 0.25) is 0 Å². The fourth-order valence-electron chi connectivity index (χ4n) is 3.42. The first-order valence-electron chi connectivity index (χ1n) is 7.97. The van der Waals surface area contributed by atoms with Gasteiger partial charge in [0.1, 0.15) is 0 Å². The summed E-state index contributed by atoms with van der Waals surface area (Å²) in [6.07, 6.45) is 4.05. The third-order valence-electron chi connectivity index (χ3n) is 4.55. The van der Waals surface area contributed by atoms with Gasteiger partial charge in [0.25, 0.3) is 0 Å². The molecular weight excluding hydrogens is 359 g/mol. The van der Waals surface area contributed by atoms with Crippen LogP contribution in [-0.4, -0.2) is 19.5 Å². The van der Waals surface area contributed by atoms with Crippen LogP contribution < -0.4 is 4.57 Å². The van der Waals surface area contributed by atoms with E-state index in [0.717, 1.165) is 5.52 Å². The number of aryl methyl sites for hydroxylation is 1. The predicted octanol–water partition coefficient (Wildman–Crippen LogP) is 4.09. The van der Waals surface area contributed by atoms with Gasteiger partial charge >= 0.3 is 146 Å². The first kappa shape index (κ1) is 13.9. The Labute approximate surface area is 145 Å². The molecule has 0 saturated heterocycles. The third-order valence-corrected chi connectivity index (χ3v) is 7.20. The first-order valence-corrected chi connectivity index (χ1v) is 9.68. The molecule has 2 aromatic carbocycles. The molecule has 3 heterocycles. The van der Waals surface area contributed by atoms with Crippen LogP contribution in [0.25, 0.3) is 41.5 Å². The number of aromatic nitrogens is 2. The Morgan fingerprint density at radius 1 is 0.792 bits per heavy atom. The summed E-state index contributed by atoms with van der Waals surface area (Å²) in [5.74, 6) is 0. The van der Waals surface area contributed by atoms with Gasteiger partial charge in [0.05, 0.1) is 0 Å². The van der Waals surface area contributed by atoms with Gasteiger partial charge in [-0.1, -0.05) is 0 Å². The zero-order chi connectivity index (χ0) is 16.1. The zero-order valence-electron chi connectivity index (χ0n) is 13.2. The molecule has 2 nitrogen and oxygen atoms in total. The summed E-state index contributed by atoms with van der Waals surface area (Å²) in [5, 5.41) is 4.06. The second-order valence-corrected chi connectivity index (χ2v) is 8.14. The van der Waals surface area contributed by atoms with Crippen molar-refractivity contribution in [2.45, 2.75) is 0 Å². The fraction of sp³-hybridized carbons (Fsp3) is 0.0476. The second kappa shape index (κ2) is 5.27. The van der Waals surface area contributed by atoms with Gasteiger partial charge in [0.15, 0.2) is 0 Å². The molecule has 0 aliphatic rings. The van der Waals surface area contributed by atoms with E-state index in [2.05, 4.69) is 77.4 Å². The minimum absolute atomic E-state index is 0.289. The molecule has 24 heavy (non-hydrogen) atoms. The molecule has 0 radical (unpaired) electrons. The van der Waals surface area contributed by atoms with E-state index in [4.69, 9.17) is 0 Å². The molecule has 0 saturated carbocycles. The summed E-state index contributed by atoms with van der Waals surface area (Å²) in [5.41, 5.74) is 3.71. The van der Waals surface area contributed by atoms with E-state index in [9.17, 15) is 0 Å². The quantitative estimate of drug-likeness (QED) is 0.319. The van der Waals surface area contributed by atoms with E-state index < -0.39 is 0 Å². The van der Waals surface area contributed by atoms with Crippen LogP contribution in [0.15, 0.2) is 73.1 Å². The molecule has 0 atom stereocenters. The Morgan fingerprint density at radius 3 is 2.50 bits per heavy atom. The van der Waals surface area contributed by atoms with Gasteiger partial charge in [-0.05, 0) is 0 Å². The van der Waals surface area contributed by atoms with Crippen molar-refractivity contribution in [1.82, 2.24) is 4.98 Å². The summed E-state index contributed by atoms with van der Waals surface area (Å²) in [6.45, 7) is 0. The summed E-state index contributed by atoms with van der Waals surface area (Å²) >= 11 is 0.289. The van der Waals surface area contributed by atoms with Gasteiger partial charge in [-0.25, -0.2) is 0 Å². The first-order chi connectivity index (χ1) is 11.8. The van der Waals surface area contributed by atoms with Crippen molar-refractivity contribution in [2.75, 3.05) is 0 Å². The summed E-state index contributed by atoms with van der Waals surface area (Å²) in [4.78, 5) is 4.52. The number of hydrogen-bond acceptors (Lipinski definition) is 1. The third kappa shape index (κ3) is 1.95. The van der Waals surface area contributed by atoms with Crippen molar-refractivity contribution in [1.29, 1.82) is 0 Å². The number of fused-ring (bicyclic) bond motifs is 5. The van der Waals surface area contributed by atoms with E-state index in [1.807, 2.05) is 12.3 Å². The van der Waals surface area contributed by atoms with Crippen molar-refractivity contribution < 1.29 is 4.57 Å². The van der Waals surface area contributed by atoms with E-state index in [1.54, 1.807) is 0 Å². The van der Waals surface area contributed by atoms with Crippen LogP contribution in [0.3, 0.4) is 0 Å².